The summed E-state index contributed by atoms with van der Waals surface area (Å²) in [6.45, 7) is 5.64. The summed E-state index contributed by atoms with van der Waals surface area (Å²) in [5.41, 5.74) is 5.50. The molecule has 5 rings (SSSR count). The summed E-state index contributed by atoms with van der Waals surface area (Å²) >= 11 is 1.72. The van der Waals surface area contributed by atoms with E-state index in [9.17, 15) is 18.0 Å². The van der Waals surface area contributed by atoms with Gasteiger partial charge in [-0.3, -0.25) is 0 Å². The summed E-state index contributed by atoms with van der Waals surface area (Å²) in [5.74, 6) is 0.0402. The monoisotopic (exact) mass is 571 g/mol. The van der Waals surface area contributed by atoms with Crippen molar-refractivity contribution in [3.63, 3.8) is 0 Å². The van der Waals surface area contributed by atoms with Crippen molar-refractivity contribution in [3.8, 4) is 22.6 Å². The Balaban J connectivity index is 1.34. The number of benzene rings is 3. The molecule has 0 N–H and O–H groups in total. The molecule has 212 valence electrons. The molecular formula is C31H32F3NO4S. The molecule has 0 aromatic heterocycles. The van der Waals surface area contributed by atoms with Gasteiger partial charge >= 0.3 is 12.3 Å². The number of alkyl halides is 3. The molecule has 1 fully saturated rings. The first-order valence-electron chi connectivity index (χ1n) is 13.5. The molecule has 3 aromatic carbocycles. The van der Waals surface area contributed by atoms with Gasteiger partial charge in [0.25, 0.3) is 0 Å². The maximum absolute atomic E-state index is 12.6. The summed E-state index contributed by atoms with van der Waals surface area (Å²) in [6.07, 6.45) is -0.0321. The van der Waals surface area contributed by atoms with Crippen molar-refractivity contribution >= 4 is 17.9 Å². The van der Waals surface area contributed by atoms with Crippen LogP contribution in [-0.2, 0) is 21.5 Å². The number of esters is 1. The average Bonchev–Trinajstić information content (AvgIpc) is 3.36. The Hall–Kier alpha value is -3.17. The van der Waals surface area contributed by atoms with Gasteiger partial charge in [0.2, 0.25) is 0 Å². The minimum atomic E-state index is -4.71. The number of fused-ring (bicyclic) bond motifs is 2. The summed E-state index contributed by atoms with van der Waals surface area (Å²) in [6, 6.07) is 18.5. The molecule has 1 saturated carbocycles. The number of carbonyl (C=O) groups excluding carboxylic acids is 1. The van der Waals surface area contributed by atoms with Gasteiger partial charge in [0.05, 0.1) is 6.61 Å². The molecule has 0 amide bonds. The molecule has 1 spiro atoms. The Morgan fingerprint density at radius 1 is 1.00 bits per heavy atom. The van der Waals surface area contributed by atoms with Crippen molar-refractivity contribution < 1.29 is 32.2 Å². The van der Waals surface area contributed by atoms with Gasteiger partial charge in [-0.2, -0.15) is 0 Å². The van der Waals surface area contributed by atoms with E-state index in [-0.39, 0.29) is 23.7 Å². The molecule has 0 bridgehead atoms. The summed E-state index contributed by atoms with van der Waals surface area (Å²) < 4.78 is 54.7. The number of carbonyl (C=O) groups is 1. The maximum Gasteiger partial charge on any atom is 0.573 e. The van der Waals surface area contributed by atoms with E-state index in [1.807, 2.05) is 19.1 Å². The van der Waals surface area contributed by atoms with Gasteiger partial charge in [-0.1, -0.05) is 37.1 Å². The fourth-order valence-corrected chi connectivity index (χ4v) is 6.98. The summed E-state index contributed by atoms with van der Waals surface area (Å²) in [4.78, 5) is 12.7. The second kappa shape index (κ2) is 11.7. The Morgan fingerprint density at radius 2 is 1.73 bits per heavy atom. The normalized spacial score (nSPS) is 16.5. The third kappa shape index (κ3) is 6.58. The van der Waals surface area contributed by atoms with E-state index in [0.717, 1.165) is 47.5 Å². The van der Waals surface area contributed by atoms with Crippen LogP contribution in [0.2, 0.25) is 0 Å². The van der Waals surface area contributed by atoms with Crippen LogP contribution in [0.1, 0.15) is 49.3 Å². The van der Waals surface area contributed by atoms with Crippen LogP contribution in [0.3, 0.4) is 0 Å². The van der Waals surface area contributed by atoms with Crippen LogP contribution in [0.5, 0.6) is 11.5 Å². The van der Waals surface area contributed by atoms with E-state index in [0.29, 0.717) is 12.4 Å². The van der Waals surface area contributed by atoms with Gasteiger partial charge in [-0.25, -0.2) is 9.10 Å². The molecule has 5 nitrogen and oxygen atoms in total. The van der Waals surface area contributed by atoms with Gasteiger partial charge in [-0.15, -0.1) is 13.2 Å². The third-order valence-corrected chi connectivity index (χ3v) is 8.50. The van der Waals surface area contributed by atoms with Crippen LogP contribution >= 0.6 is 11.9 Å². The van der Waals surface area contributed by atoms with Crippen molar-refractivity contribution in [1.82, 2.24) is 4.31 Å². The van der Waals surface area contributed by atoms with Gasteiger partial charge in [0, 0.05) is 23.4 Å². The molecular weight excluding hydrogens is 539 g/mol. The zero-order chi connectivity index (χ0) is 28.3. The topological polar surface area (TPSA) is 48.0 Å². The smallest absolute Gasteiger partial charge is 0.482 e. The first kappa shape index (κ1) is 28.4. The van der Waals surface area contributed by atoms with Crippen molar-refractivity contribution in [2.24, 2.45) is 0 Å². The number of nitrogens with zero attached hydrogens (tertiary/aromatic N) is 1. The summed E-state index contributed by atoms with van der Waals surface area (Å²) in [5, 5.41) is 0. The highest BCUT2D eigenvalue weighted by atomic mass is 32.2. The predicted molar refractivity (Wildman–Crippen MR) is 148 cm³/mol. The lowest BCUT2D eigenvalue weighted by molar-refractivity contribution is -0.274. The van der Waals surface area contributed by atoms with Crippen LogP contribution in [0, 0.1) is 6.92 Å². The van der Waals surface area contributed by atoms with E-state index in [2.05, 4.69) is 33.3 Å². The van der Waals surface area contributed by atoms with Crippen molar-refractivity contribution in [1.29, 1.82) is 0 Å². The largest absolute Gasteiger partial charge is 0.573 e. The second-order valence-electron chi connectivity index (χ2n) is 10.3. The second-order valence-corrected chi connectivity index (χ2v) is 11.5. The van der Waals surface area contributed by atoms with E-state index in [1.165, 1.54) is 36.1 Å². The lowest BCUT2D eigenvalue weighted by Gasteiger charge is -2.42. The minimum absolute atomic E-state index is 0.0985. The molecule has 1 aliphatic heterocycles. The standard InChI is InChI=1S/C31H32F3NO4S/c1-3-37-29(36)19-38-28-13-11-26(16-21(28)2)40-35-18-24-17-23(8-12-27(24)30(20-35)14-4-5-15-30)22-6-9-25(10-7-22)39-31(32,33)34/h6-13,16-17H,3-5,14-15,18-20H2,1-2H3. The quantitative estimate of drug-likeness (QED) is 0.203. The predicted octanol–water partition coefficient (Wildman–Crippen LogP) is 7.84. The number of rotatable bonds is 8. The number of aryl methyl sites for hydroxylation is 1. The lowest BCUT2D eigenvalue weighted by atomic mass is 9.74. The third-order valence-electron chi connectivity index (χ3n) is 7.52. The van der Waals surface area contributed by atoms with E-state index in [1.54, 1.807) is 31.0 Å². The molecule has 0 unspecified atom stereocenters. The molecule has 1 heterocycles. The van der Waals surface area contributed by atoms with Crippen molar-refractivity contribution in [2.75, 3.05) is 19.8 Å². The fraction of sp³-hybridized carbons (Fsp3) is 0.387. The lowest BCUT2D eigenvalue weighted by Crippen LogP contribution is -2.41. The molecule has 40 heavy (non-hydrogen) atoms. The Labute approximate surface area is 236 Å². The molecule has 0 atom stereocenters. The first-order valence-corrected chi connectivity index (χ1v) is 14.2. The molecule has 1 aliphatic carbocycles. The maximum atomic E-state index is 12.6. The Morgan fingerprint density at radius 3 is 2.40 bits per heavy atom. The van der Waals surface area contributed by atoms with Gasteiger partial charge in [-0.05, 0) is 103 Å². The number of halogens is 3. The highest BCUT2D eigenvalue weighted by molar-refractivity contribution is 7.97. The van der Waals surface area contributed by atoms with E-state index >= 15 is 0 Å². The zero-order valence-corrected chi connectivity index (χ0v) is 23.4. The molecule has 0 saturated heterocycles. The van der Waals surface area contributed by atoms with Crippen LogP contribution in [-0.4, -0.2) is 36.4 Å². The number of hydrogen-bond donors (Lipinski definition) is 0. The fourth-order valence-electron chi connectivity index (χ4n) is 5.81. The first-order chi connectivity index (χ1) is 19.1. The molecule has 0 radical (unpaired) electrons. The van der Waals surface area contributed by atoms with Crippen molar-refractivity contribution in [3.05, 3.63) is 77.4 Å². The van der Waals surface area contributed by atoms with Gasteiger partial charge in [0.15, 0.2) is 6.61 Å². The average molecular weight is 572 g/mol. The zero-order valence-electron chi connectivity index (χ0n) is 22.6. The minimum Gasteiger partial charge on any atom is -0.482 e. The van der Waals surface area contributed by atoms with Crippen LogP contribution < -0.4 is 9.47 Å². The highest BCUT2D eigenvalue weighted by Gasteiger charge is 2.42. The van der Waals surface area contributed by atoms with E-state index < -0.39 is 6.36 Å². The number of ether oxygens (including phenoxy) is 3. The van der Waals surface area contributed by atoms with Crippen LogP contribution in [0.25, 0.3) is 11.1 Å². The molecule has 9 heteroatoms. The van der Waals surface area contributed by atoms with Gasteiger partial charge < -0.3 is 14.2 Å². The molecule has 2 aliphatic rings. The Kier molecular flexibility index (Phi) is 8.33. The SMILES string of the molecule is CCOC(=O)COc1ccc(SN2Cc3cc(-c4ccc(OC(F)(F)F)cc4)ccc3C3(CCCC3)C2)cc1C. The van der Waals surface area contributed by atoms with Crippen LogP contribution in [0.4, 0.5) is 13.2 Å². The summed E-state index contributed by atoms with van der Waals surface area (Å²) in [7, 11) is 0. The molecule has 3 aromatic rings. The highest BCUT2D eigenvalue weighted by Crippen LogP contribution is 2.49. The van der Waals surface area contributed by atoms with Gasteiger partial charge in [0.1, 0.15) is 11.5 Å². The number of hydrogen-bond acceptors (Lipinski definition) is 6. The Bertz CT molecular complexity index is 1350. The van der Waals surface area contributed by atoms with E-state index in [4.69, 9.17) is 9.47 Å². The van der Waals surface area contributed by atoms with Crippen LogP contribution in [0.15, 0.2) is 65.6 Å². The van der Waals surface area contributed by atoms with Crippen molar-refractivity contribution in [2.45, 2.75) is 62.7 Å².